The summed E-state index contributed by atoms with van der Waals surface area (Å²) in [6.45, 7) is 8.87. The number of rotatable bonds is 6. The highest BCUT2D eigenvalue weighted by Crippen LogP contribution is 2.55. The van der Waals surface area contributed by atoms with Crippen LogP contribution in [0.15, 0.2) is 504 Å². The lowest BCUT2D eigenvalue weighted by Gasteiger charge is -2.24. The van der Waals surface area contributed by atoms with E-state index < -0.39 is 0 Å². The van der Waals surface area contributed by atoms with Crippen molar-refractivity contribution in [1.82, 2.24) is 4.57 Å². The molecule has 5 heterocycles. The van der Waals surface area contributed by atoms with Gasteiger partial charge in [0.1, 0.15) is 32.3 Å². The van der Waals surface area contributed by atoms with Gasteiger partial charge in [-0.1, -0.05) is 406 Å². The molecule has 5 nitrogen and oxygen atoms in total. The number of pyridine rings is 4. The van der Waals surface area contributed by atoms with Crippen LogP contribution in [0.1, 0.15) is 22.3 Å². The first kappa shape index (κ1) is 89.9. The highest BCUT2D eigenvalue weighted by atomic mass is 15.1. The fourth-order valence-corrected chi connectivity index (χ4v) is 23.6. The molecule has 0 atom stereocenters. The van der Waals surface area contributed by atoms with Crippen molar-refractivity contribution in [2.75, 3.05) is 0 Å². The zero-order valence-corrected chi connectivity index (χ0v) is 83.7. The third kappa shape index (κ3) is 15.9. The van der Waals surface area contributed by atoms with E-state index in [0.29, 0.717) is 0 Å². The van der Waals surface area contributed by atoms with E-state index in [1.54, 1.807) is 0 Å². The fourth-order valence-electron chi connectivity index (χ4n) is 23.6. The van der Waals surface area contributed by atoms with Crippen molar-refractivity contribution in [1.29, 1.82) is 0 Å². The molecule has 0 saturated carbocycles. The summed E-state index contributed by atoms with van der Waals surface area (Å²) < 4.78 is 11.5. The van der Waals surface area contributed by atoms with E-state index >= 15 is 0 Å². The first-order valence-corrected chi connectivity index (χ1v) is 51.0. The Balaban J connectivity index is 0.000000102. The number of aryl methyl sites for hydroxylation is 8. The van der Waals surface area contributed by atoms with E-state index in [4.69, 9.17) is 0 Å². The van der Waals surface area contributed by atoms with Crippen LogP contribution in [-0.4, -0.2) is 4.57 Å². The summed E-state index contributed by atoms with van der Waals surface area (Å²) in [4.78, 5) is 0. The monoisotopic (exact) mass is 1880 g/mol. The second kappa shape index (κ2) is 37.8. The molecule has 4 aliphatic carbocycles. The van der Waals surface area contributed by atoms with Crippen molar-refractivity contribution in [2.45, 2.75) is 27.7 Å². The van der Waals surface area contributed by atoms with E-state index in [1.807, 2.05) is 0 Å². The Bertz CT molecular complexity index is 9390. The minimum atomic E-state index is 1.20. The summed E-state index contributed by atoms with van der Waals surface area (Å²) in [7, 11) is 8.64. The van der Waals surface area contributed by atoms with Crippen molar-refractivity contribution < 1.29 is 18.3 Å². The Morgan fingerprint density at radius 2 is 0.401 bits per heavy atom. The van der Waals surface area contributed by atoms with Gasteiger partial charge in [-0.15, -0.1) is 0 Å². The molecule has 147 heavy (non-hydrogen) atoms. The number of nitrogens with zero attached hydrogens (tertiary/aromatic N) is 5. The predicted molar refractivity (Wildman–Crippen MR) is 612 cm³/mol. The normalized spacial score (nSPS) is 11.5. The van der Waals surface area contributed by atoms with Gasteiger partial charge in [0.2, 0.25) is 17.1 Å². The van der Waals surface area contributed by atoms with Crippen LogP contribution in [-0.2, 0) is 28.2 Å². The summed E-state index contributed by atoms with van der Waals surface area (Å²) in [5.41, 5.74) is 61.8. The molecule has 696 valence electrons. The number of para-hydroxylation sites is 1. The number of fused-ring (bicyclic) bond motifs is 35. The lowest BCUT2D eigenvalue weighted by Crippen LogP contribution is -2.31. The minimum Gasteiger partial charge on any atom is -0.236 e. The van der Waals surface area contributed by atoms with Gasteiger partial charge in [0.25, 0.3) is 5.65 Å². The van der Waals surface area contributed by atoms with Gasteiger partial charge in [0, 0.05) is 57.0 Å². The Hall–Kier alpha value is -18.4. The molecule has 5 aromatic heterocycles. The van der Waals surface area contributed by atoms with Crippen LogP contribution in [0.25, 0.3) is 262 Å². The Labute approximate surface area is 860 Å². The van der Waals surface area contributed by atoms with E-state index in [2.05, 4.69) is 583 Å². The second-order valence-corrected chi connectivity index (χ2v) is 39.3. The third-order valence-corrected chi connectivity index (χ3v) is 30.6. The van der Waals surface area contributed by atoms with Gasteiger partial charge in [-0.25, -0.2) is 18.3 Å². The number of hydrogen-bond acceptors (Lipinski definition) is 0. The molecule has 0 N–H and O–H groups in total. The maximum Gasteiger partial charge on any atom is 0.294 e. The summed E-state index contributed by atoms with van der Waals surface area (Å²) >= 11 is 0. The number of benzene rings is 19. The Morgan fingerprint density at radius 1 is 0.150 bits per heavy atom. The largest absolute Gasteiger partial charge is 0.294 e. The average Bonchev–Trinajstić information content (AvgIpc) is 1.42. The van der Waals surface area contributed by atoms with Crippen LogP contribution >= 0.6 is 0 Å². The molecular weight excluding hydrogens is 1780 g/mol. The summed E-state index contributed by atoms with van der Waals surface area (Å²) in [5.74, 6) is 0. The van der Waals surface area contributed by atoms with E-state index in [1.165, 1.54) is 284 Å². The van der Waals surface area contributed by atoms with Crippen LogP contribution < -0.4 is 18.3 Å². The standard InChI is InChI=1S/C37H27N2.2C37H28N.C31H24N/c1-24-22-33-29-16-7-5-14-27(29)25-12-3-4-13-26(25)28-15-6-8-17-30(28)34(33)23-36(24)39-35-20-10-9-18-31(35)32-19-11-21-38(2)37(32)39;1-25-22-27(26-12-4-3-5-13-26)20-21-28(25)37-23-35-33-18-10-8-16-31(33)29-14-6-7-15-30(29)32-17-9-11-19-34(32)36(35)24-38(37)2;1-25-20-21-27(26-12-4-3-5-13-26)22-34(25)37-23-35-32-18-10-8-16-30(32)28-14-6-7-15-29(28)31-17-9-11-19-33(31)36(35)24-38(37)2;1-21-11-3-4-12-22(21)31-19-29-27-17-9-7-15-25(27)23-13-5-6-14-24(23)26-16-8-10-18-28(26)30(29)20-32(31)2/h3-23H,1-2H3;2*3-24H,1-2H3;3-20H,1-2H3/q4*+1. The summed E-state index contributed by atoms with van der Waals surface area (Å²) in [6, 6.07) is 175. The molecular formula is C142H107N5+4. The lowest BCUT2D eigenvalue weighted by molar-refractivity contribution is -0.659. The summed E-state index contributed by atoms with van der Waals surface area (Å²) in [5, 5.41) is 2.54. The smallest absolute Gasteiger partial charge is 0.236 e. The molecule has 0 radical (unpaired) electrons. The number of aromatic nitrogens is 5. The van der Waals surface area contributed by atoms with Gasteiger partial charge in [0.05, 0.1) is 35.3 Å². The maximum absolute atomic E-state index is 2.45. The van der Waals surface area contributed by atoms with Crippen LogP contribution in [0.4, 0.5) is 0 Å². The van der Waals surface area contributed by atoms with Gasteiger partial charge < -0.3 is 0 Å². The second-order valence-electron chi connectivity index (χ2n) is 39.3. The summed E-state index contributed by atoms with van der Waals surface area (Å²) in [6.07, 6.45) is 9.09. The van der Waals surface area contributed by atoms with Gasteiger partial charge in [-0.05, 0) is 271 Å². The van der Waals surface area contributed by atoms with Crippen molar-refractivity contribution in [2.24, 2.45) is 28.2 Å². The van der Waals surface area contributed by atoms with Crippen molar-refractivity contribution in [3.63, 3.8) is 0 Å². The topological polar surface area (TPSA) is 20.4 Å². The first-order chi connectivity index (χ1) is 72.3. The lowest BCUT2D eigenvalue weighted by atomic mass is 9.80. The molecule has 0 bridgehead atoms. The zero-order valence-electron chi connectivity index (χ0n) is 83.7. The molecule has 0 saturated heterocycles. The minimum absolute atomic E-state index is 1.20. The number of hydrogen-bond donors (Lipinski definition) is 0. The van der Waals surface area contributed by atoms with Crippen molar-refractivity contribution in [3.05, 3.63) is 526 Å². The highest BCUT2D eigenvalue weighted by Gasteiger charge is 2.34. The van der Waals surface area contributed by atoms with Crippen molar-refractivity contribution >= 4 is 21.9 Å². The van der Waals surface area contributed by atoms with Gasteiger partial charge >= 0.3 is 0 Å². The average molecular weight is 1880 g/mol. The van der Waals surface area contributed by atoms with Gasteiger partial charge in [-0.3, -0.25) is 0 Å². The van der Waals surface area contributed by atoms with E-state index in [9.17, 15) is 0 Å². The quantitative estimate of drug-likeness (QED) is 0.148. The van der Waals surface area contributed by atoms with Gasteiger partial charge in [-0.2, -0.15) is 4.57 Å². The highest BCUT2D eigenvalue weighted by molar-refractivity contribution is 6.11. The fraction of sp³-hybridized carbons (Fsp3) is 0.0563. The van der Waals surface area contributed by atoms with Crippen LogP contribution in [0, 0.1) is 27.7 Å². The molecule has 19 aromatic carbocycles. The van der Waals surface area contributed by atoms with E-state index in [-0.39, 0.29) is 0 Å². The molecule has 0 amide bonds. The third-order valence-electron chi connectivity index (χ3n) is 30.6. The SMILES string of the molecule is Cc1cc(-c2ccccc2)ccc1-c1cc2c(c[n+]1C)-c1ccccc1-c1ccccc1-c1ccccc1-2.Cc1cc2c(cc1-n1c3ccccc3c3ccc[n+](C)c31)-c1ccccc1-c1ccccc1-c1ccccc1-2.Cc1ccc(-c2ccccc2)cc1-c1cc2c(c[n+]1C)-c1ccccc1-c1ccccc1-c1ccccc1-2.Cc1ccccc1-c1cc2c(c[n+]1C)-c1ccccc1-c1ccccc1-c1ccccc1-2. The molecule has 5 heteroatoms. The van der Waals surface area contributed by atoms with Crippen LogP contribution in [0.5, 0.6) is 0 Å². The molecule has 24 aromatic rings. The van der Waals surface area contributed by atoms with E-state index in [0.717, 1.165) is 0 Å². The molecule has 0 spiro atoms. The predicted octanol–water partition coefficient (Wildman–Crippen LogP) is 34.6. The zero-order chi connectivity index (χ0) is 99.0. The molecule has 4 aliphatic rings. The van der Waals surface area contributed by atoms with Crippen LogP contribution in [0.2, 0.25) is 0 Å². The maximum atomic E-state index is 2.45. The molecule has 0 aliphatic heterocycles. The van der Waals surface area contributed by atoms with Crippen LogP contribution in [0.3, 0.4) is 0 Å². The molecule has 0 fully saturated rings. The Morgan fingerprint density at radius 3 is 0.741 bits per heavy atom. The molecule has 0 unspecified atom stereocenters. The Kier molecular flexibility index (Phi) is 23.1. The first-order valence-electron chi connectivity index (χ1n) is 51.0. The van der Waals surface area contributed by atoms with Gasteiger partial charge in [0.15, 0.2) is 18.6 Å². The van der Waals surface area contributed by atoms with Crippen molar-refractivity contribution in [3.8, 4) is 240 Å². The molecule has 28 rings (SSSR count).